The molecule has 3 heterocycles. The van der Waals surface area contributed by atoms with Crippen LogP contribution in [0.3, 0.4) is 0 Å². The highest BCUT2D eigenvalue weighted by Gasteiger charge is 2.42. The van der Waals surface area contributed by atoms with Gasteiger partial charge in [0.05, 0.1) is 15.6 Å². The van der Waals surface area contributed by atoms with E-state index >= 15 is 0 Å². The number of amides is 1. The molecular weight excluding hydrogens is 399 g/mol. The van der Waals surface area contributed by atoms with Crippen molar-refractivity contribution in [3.63, 3.8) is 0 Å². The number of primary amides is 1. The third-order valence-corrected chi connectivity index (χ3v) is 6.59. The maximum atomic E-state index is 12.2. The number of rotatable bonds is 4. The number of halogens is 2. The Morgan fingerprint density at radius 2 is 1.86 bits per heavy atom. The van der Waals surface area contributed by atoms with Crippen molar-refractivity contribution in [2.45, 2.75) is 37.8 Å². The number of aromatic nitrogens is 2. The minimum absolute atomic E-state index is 0.0482. The molecule has 2 atom stereocenters. The fraction of sp³-hybridized carbons (Fsp3) is 0.421. The van der Waals surface area contributed by atoms with Gasteiger partial charge in [-0.25, -0.2) is 4.98 Å². The number of hydrogen-bond acceptors (Lipinski definition) is 6. The number of nitrogens with two attached hydrogens (primary N) is 3. The standard InChI is InChI=1S/C19H22Cl2N6O/c20-13-3-1-2-12(15(13)21)14-16(18(24)28)25-19(26-17(14)23)27-10-4-5-11(27)7-9(6-10)8-22/h1-3,9-11H,4-8,22H2,(H2,24,28)(H2,23,25,26). The van der Waals surface area contributed by atoms with E-state index in [9.17, 15) is 4.79 Å². The topological polar surface area (TPSA) is 124 Å². The number of carbonyl (C=O) groups excluding carboxylic acids is 1. The largest absolute Gasteiger partial charge is 0.383 e. The number of piperidine rings is 1. The van der Waals surface area contributed by atoms with Crippen molar-refractivity contribution in [1.82, 2.24) is 9.97 Å². The molecule has 2 unspecified atom stereocenters. The molecule has 1 amide bonds. The van der Waals surface area contributed by atoms with Crippen LogP contribution in [0.4, 0.5) is 11.8 Å². The van der Waals surface area contributed by atoms with Gasteiger partial charge in [-0.05, 0) is 44.2 Å². The molecule has 0 aliphatic carbocycles. The van der Waals surface area contributed by atoms with Gasteiger partial charge in [0.25, 0.3) is 5.91 Å². The summed E-state index contributed by atoms with van der Waals surface area (Å²) in [7, 11) is 0. The Morgan fingerprint density at radius 1 is 1.18 bits per heavy atom. The lowest BCUT2D eigenvalue weighted by Gasteiger charge is -2.39. The zero-order valence-electron chi connectivity index (χ0n) is 15.2. The molecule has 2 aliphatic rings. The fourth-order valence-electron chi connectivity index (χ4n) is 4.53. The fourth-order valence-corrected chi connectivity index (χ4v) is 4.93. The first-order valence-corrected chi connectivity index (χ1v) is 10.1. The molecule has 2 fully saturated rings. The van der Waals surface area contributed by atoms with Crippen LogP contribution >= 0.6 is 23.2 Å². The lowest BCUT2D eigenvalue weighted by atomic mass is 9.91. The number of nitrogens with zero attached hydrogens (tertiary/aromatic N) is 3. The van der Waals surface area contributed by atoms with E-state index in [4.69, 9.17) is 40.4 Å². The van der Waals surface area contributed by atoms with Gasteiger partial charge >= 0.3 is 0 Å². The second-order valence-corrected chi connectivity index (χ2v) is 8.25. The first kappa shape index (κ1) is 19.2. The van der Waals surface area contributed by atoms with Crippen molar-refractivity contribution in [1.29, 1.82) is 0 Å². The minimum atomic E-state index is -0.689. The van der Waals surface area contributed by atoms with Gasteiger partial charge in [-0.1, -0.05) is 35.3 Å². The molecular formula is C19H22Cl2N6O. The average molecular weight is 421 g/mol. The number of carbonyl (C=O) groups is 1. The van der Waals surface area contributed by atoms with E-state index in [1.54, 1.807) is 18.2 Å². The monoisotopic (exact) mass is 420 g/mol. The highest BCUT2D eigenvalue weighted by molar-refractivity contribution is 6.44. The summed E-state index contributed by atoms with van der Waals surface area (Å²) in [5.41, 5.74) is 18.6. The molecule has 7 nitrogen and oxygen atoms in total. The first-order valence-electron chi connectivity index (χ1n) is 9.30. The third kappa shape index (κ3) is 3.17. The molecule has 2 aromatic rings. The van der Waals surface area contributed by atoms with E-state index in [1.165, 1.54) is 0 Å². The van der Waals surface area contributed by atoms with E-state index in [0.717, 1.165) is 25.7 Å². The van der Waals surface area contributed by atoms with E-state index in [2.05, 4.69) is 14.9 Å². The van der Waals surface area contributed by atoms with Gasteiger partial charge in [-0.2, -0.15) is 4.98 Å². The molecule has 9 heteroatoms. The summed E-state index contributed by atoms with van der Waals surface area (Å²) in [6.07, 6.45) is 4.09. The number of nitrogen functional groups attached to an aromatic ring is 1. The Morgan fingerprint density at radius 3 is 2.46 bits per heavy atom. The van der Waals surface area contributed by atoms with Crippen LogP contribution in [0, 0.1) is 5.92 Å². The maximum absolute atomic E-state index is 12.2. The van der Waals surface area contributed by atoms with Gasteiger partial charge < -0.3 is 22.1 Å². The lowest BCUT2D eigenvalue weighted by molar-refractivity contribution is 0.0996. The Labute approximate surface area is 173 Å². The van der Waals surface area contributed by atoms with Gasteiger partial charge in [0.15, 0.2) is 0 Å². The van der Waals surface area contributed by atoms with Crippen molar-refractivity contribution in [3.8, 4) is 11.1 Å². The van der Waals surface area contributed by atoms with Crippen molar-refractivity contribution in [3.05, 3.63) is 33.9 Å². The summed E-state index contributed by atoms with van der Waals surface area (Å²) in [5, 5.41) is 0.624. The number of fused-ring (bicyclic) bond motifs is 2. The predicted octanol–water partition coefficient (Wildman–Crippen LogP) is 2.84. The third-order valence-electron chi connectivity index (χ3n) is 5.77. The lowest BCUT2D eigenvalue weighted by Crippen LogP contribution is -2.45. The highest BCUT2D eigenvalue weighted by Crippen LogP contribution is 2.42. The smallest absolute Gasteiger partial charge is 0.268 e. The predicted molar refractivity (Wildman–Crippen MR) is 111 cm³/mol. The number of anilines is 2. The number of hydrogen-bond donors (Lipinski definition) is 3. The van der Waals surface area contributed by atoms with Crippen molar-refractivity contribution in [2.75, 3.05) is 17.2 Å². The normalized spacial score (nSPS) is 23.8. The molecule has 1 aromatic heterocycles. The first-order chi connectivity index (χ1) is 13.4. The summed E-state index contributed by atoms with van der Waals surface area (Å²) in [5.74, 6) is 0.413. The molecule has 0 spiro atoms. The zero-order valence-corrected chi connectivity index (χ0v) is 16.7. The van der Waals surface area contributed by atoms with Gasteiger partial charge in [0, 0.05) is 17.6 Å². The molecule has 2 aliphatic heterocycles. The highest BCUT2D eigenvalue weighted by atomic mass is 35.5. The summed E-state index contributed by atoms with van der Waals surface area (Å²) in [6, 6.07) is 5.69. The van der Waals surface area contributed by atoms with Gasteiger partial charge in [-0.3, -0.25) is 4.79 Å². The second kappa shape index (κ2) is 7.39. The zero-order chi connectivity index (χ0) is 20.0. The molecule has 4 rings (SSSR count). The Hall–Kier alpha value is -2.09. The van der Waals surface area contributed by atoms with Crippen LogP contribution in [0.25, 0.3) is 11.1 Å². The molecule has 1 aromatic carbocycles. The van der Waals surface area contributed by atoms with Crippen LogP contribution < -0.4 is 22.1 Å². The van der Waals surface area contributed by atoms with E-state index in [1.807, 2.05) is 0 Å². The SMILES string of the molecule is NCC1CC2CCC(C1)N2c1nc(N)c(-c2cccc(Cl)c2Cl)c(C(N)=O)n1. The minimum Gasteiger partial charge on any atom is -0.383 e. The van der Waals surface area contributed by atoms with Crippen LogP contribution in [-0.2, 0) is 0 Å². The summed E-state index contributed by atoms with van der Waals surface area (Å²) in [4.78, 5) is 23.5. The van der Waals surface area contributed by atoms with Crippen LogP contribution in [0.2, 0.25) is 10.0 Å². The van der Waals surface area contributed by atoms with Crippen LogP contribution in [0.5, 0.6) is 0 Å². The van der Waals surface area contributed by atoms with Crippen molar-refractivity contribution < 1.29 is 4.79 Å². The summed E-state index contributed by atoms with van der Waals surface area (Å²) in [6.45, 7) is 0.683. The second-order valence-electron chi connectivity index (χ2n) is 7.46. The molecule has 2 bridgehead atoms. The Bertz CT molecular complexity index is 923. The molecule has 0 radical (unpaired) electrons. The Balaban J connectivity index is 1.81. The van der Waals surface area contributed by atoms with E-state index < -0.39 is 5.91 Å². The van der Waals surface area contributed by atoms with Crippen LogP contribution in [-0.4, -0.2) is 34.5 Å². The molecule has 148 valence electrons. The summed E-state index contributed by atoms with van der Waals surface area (Å²) >= 11 is 12.5. The van der Waals surface area contributed by atoms with Crippen LogP contribution in [0.15, 0.2) is 18.2 Å². The number of benzene rings is 1. The molecule has 28 heavy (non-hydrogen) atoms. The van der Waals surface area contributed by atoms with Crippen molar-refractivity contribution >= 4 is 40.9 Å². The molecule has 0 saturated carbocycles. The Kier molecular flexibility index (Phi) is 5.07. The quantitative estimate of drug-likeness (QED) is 0.698. The average Bonchev–Trinajstić information content (AvgIpc) is 2.93. The van der Waals surface area contributed by atoms with Gasteiger partial charge in [0.1, 0.15) is 11.5 Å². The van der Waals surface area contributed by atoms with Crippen molar-refractivity contribution in [2.24, 2.45) is 17.4 Å². The van der Waals surface area contributed by atoms with E-state index in [0.29, 0.717) is 46.6 Å². The molecule has 2 saturated heterocycles. The van der Waals surface area contributed by atoms with Crippen LogP contribution in [0.1, 0.15) is 36.2 Å². The van der Waals surface area contributed by atoms with Gasteiger partial charge in [-0.15, -0.1) is 0 Å². The van der Waals surface area contributed by atoms with E-state index in [-0.39, 0.29) is 16.5 Å². The maximum Gasteiger partial charge on any atom is 0.268 e. The van der Waals surface area contributed by atoms with Gasteiger partial charge in [0.2, 0.25) is 5.95 Å². The molecule has 6 N–H and O–H groups in total. The summed E-state index contributed by atoms with van der Waals surface area (Å²) < 4.78 is 0.